The summed E-state index contributed by atoms with van der Waals surface area (Å²) in [6.45, 7) is 4.15. The van der Waals surface area contributed by atoms with Crippen LogP contribution in [0.5, 0.6) is 0 Å². The molecule has 2 heterocycles. The molecule has 2 nitrogen and oxygen atoms in total. The minimum absolute atomic E-state index is 1.20. The number of fused-ring (bicyclic) bond motifs is 1. The fraction of sp³-hybridized carbons (Fsp3) is 0.222. The third kappa shape index (κ3) is 0.909. The highest BCUT2D eigenvalue weighted by Gasteiger charge is 1.96. The summed E-state index contributed by atoms with van der Waals surface area (Å²) in [5, 5.41) is 4.22. The number of hydrogen-bond acceptors (Lipinski definition) is 1. The van der Waals surface area contributed by atoms with Crippen molar-refractivity contribution in [2.24, 2.45) is 0 Å². The largest absolute Gasteiger partial charge is 0.241 e. The molecule has 0 unspecified atom stereocenters. The SMILES string of the molecule is Cc1cnn2ccc(C)c2c1. The van der Waals surface area contributed by atoms with Crippen LogP contribution in [0, 0.1) is 13.8 Å². The van der Waals surface area contributed by atoms with Gasteiger partial charge in [0.05, 0.1) is 11.7 Å². The van der Waals surface area contributed by atoms with Gasteiger partial charge in [0.2, 0.25) is 0 Å². The van der Waals surface area contributed by atoms with Gasteiger partial charge in [0.15, 0.2) is 0 Å². The Labute approximate surface area is 65.5 Å². The summed E-state index contributed by atoms with van der Waals surface area (Å²) in [4.78, 5) is 0. The maximum atomic E-state index is 4.22. The zero-order chi connectivity index (χ0) is 7.84. The van der Waals surface area contributed by atoms with Crippen LogP contribution in [0.2, 0.25) is 0 Å². The molecule has 0 fully saturated rings. The lowest BCUT2D eigenvalue weighted by atomic mass is 10.2. The molecule has 0 aliphatic heterocycles. The topological polar surface area (TPSA) is 17.3 Å². The molecule has 0 saturated carbocycles. The standard InChI is InChI=1S/C9H10N2/c1-7-5-9-8(2)3-4-11(9)10-6-7/h3-6H,1-2H3. The molecule has 0 saturated heterocycles. The summed E-state index contributed by atoms with van der Waals surface area (Å²) in [6, 6.07) is 4.21. The summed E-state index contributed by atoms with van der Waals surface area (Å²) in [5.74, 6) is 0. The molecule has 0 atom stereocenters. The van der Waals surface area contributed by atoms with Gasteiger partial charge in [-0.05, 0) is 37.1 Å². The molecule has 11 heavy (non-hydrogen) atoms. The number of hydrogen-bond donors (Lipinski definition) is 0. The van der Waals surface area contributed by atoms with Crippen molar-refractivity contribution in [3.63, 3.8) is 0 Å². The summed E-state index contributed by atoms with van der Waals surface area (Å²) in [5.41, 5.74) is 3.69. The summed E-state index contributed by atoms with van der Waals surface area (Å²) in [6.07, 6.45) is 3.84. The van der Waals surface area contributed by atoms with E-state index in [9.17, 15) is 0 Å². The van der Waals surface area contributed by atoms with Crippen LogP contribution >= 0.6 is 0 Å². The Morgan fingerprint density at radius 1 is 1.36 bits per heavy atom. The number of rotatable bonds is 0. The highest BCUT2D eigenvalue weighted by atomic mass is 15.2. The van der Waals surface area contributed by atoms with Gasteiger partial charge >= 0.3 is 0 Å². The van der Waals surface area contributed by atoms with E-state index in [1.165, 1.54) is 16.6 Å². The van der Waals surface area contributed by atoms with Gasteiger partial charge in [-0.3, -0.25) is 0 Å². The van der Waals surface area contributed by atoms with Crippen LogP contribution in [0.1, 0.15) is 11.1 Å². The zero-order valence-corrected chi connectivity index (χ0v) is 6.70. The van der Waals surface area contributed by atoms with E-state index in [0.29, 0.717) is 0 Å². The van der Waals surface area contributed by atoms with Crippen molar-refractivity contribution < 1.29 is 0 Å². The highest BCUT2D eigenvalue weighted by molar-refractivity contribution is 5.54. The molecular weight excluding hydrogens is 136 g/mol. The van der Waals surface area contributed by atoms with Crippen LogP contribution in [0.4, 0.5) is 0 Å². The molecule has 2 rings (SSSR count). The van der Waals surface area contributed by atoms with E-state index < -0.39 is 0 Å². The monoisotopic (exact) mass is 146 g/mol. The zero-order valence-electron chi connectivity index (χ0n) is 6.70. The van der Waals surface area contributed by atoms with Crippen LogP contribution in [-0.4, -0.2) is 9.61 Å². The van der Waals surface area contributed by atoms with Gasteiger partial charge in [0, 0.05) is 6.20 Å². The molecule has 0 bridgehead atoms. The van der Waals surface area contributed by atoms with Gasteiger partial charge < -0.3 is 0 Å². The maximum Gasteiger partial charge on any atom is 0.0678 e. The fourth-order valence-corrected chi connectivity index (χ4v) is 1.22. The molecule has 2 aromatic rings. The molecule has 0 amide bonds. The summed E-state index contributed by atoms with van der Waals surface area (Å²) >= 11 is 0. The first-order valence-electron chi connectivity index (χ1n) is 3.68. The van der Waals surface area contributed by atoms with Gasteiger partial charge in [-0.15, -0.1) is 0 Å². The highest BCUT2D eigenvalue weighted by Crippen LogP contribution is 2.10. The predicted octanol–water partition coefficient (Wildman–Crippen LogP) is 1.95. The predicted molar refractivity (Wildman–Crippen MR) is 44.7 cm³/mol. The first kappa shape index (κ1) is 6.40. The molecule has 0 aromatic carbocycles. The lowest BCUT2D eigenvalue weighted by molar-refractivity contribution is 0.931. The van der Waals surface area contributed by atoms with Crippen LogP contribution in [0.25, 0.3) is 5.52 Å². The Morgan fingerprint density at radius 3 is 3.00 bits per heavy atom. The molecule has 2 aromatic heterocycles. The first-order valence-corrected chi connectivity index (χ1v) is 3.68. The van der Waals surface area contributed by atoms with E-state index in [2.05, 4.69) is 31.1 Å². The van der Waals surface area contributed by atoms with Crippen molar-refractivity contribution in [2.45, 2.75) is 13.8 Å². The minimum atomic E-state index is 1.20. The van der Waals surface area contributed by atoms with Gasteiger partial charge in [0.1, 0.15) is 0 Å². The second-order valence-corrected chi connectivity index (χ2v) is 2.86. The fourth-order valence-electron chi connectivity index (χ4n) is 1.22. The molecule has 56 valence electrons. The van der Waals surface area contributed by atoms with Crippen molar-refractivity contribution in [1.82, 2.24) is 9.61 Å². The molecule has 0 N–H and O–H groups in total. The smallest absolute Gasteiger partial charge is 0.0678 e. The van der Waals surface area contributed by atoms with E-state index >= 15 is 0 Å². The summed E-state index contributed by atoms with van der Waals surface area (Å²) < 4.78 is 1.89. The van der Waals surface area contributed by atoms with Crippen LogP contribution < -0.4 is 0 Å². The van der Waals surface area contributed by atoms with Gasteiger partial charge in [-0.2, -0.15) is 5.10 Å². The van der Waals surface area contributed by atoms with Crippen molar-refractivity contribution in [1.29, 1.82) is 0 Å². The Bertz CT molecular complexity index is 387. The number of aryl methyl sites for hydroxylation is 2. The second kappa shape index (κ2) is 2.09. The van der Waals surface area contributed by atoms with Crippen LogP contribution in [0.15, 0.2) is 24.5 Å². The van der Waals surface area contributed by atoms with Gasteiger partial charge in [-0.25, -0.2) is 4.52 Å². The first-order chi connectivity index (χ1) is 5.27. The molecule has 0 spiro atoms. The molecule has 0 aliphatic rings. The molecule has 0 aliphatic carbocycles. The molecular formula is C9H10N2. The van der Waals surface area contributed by atoms with Crippen LogP contribution in [-0.2, 0) is 0 Å². The number of aromatic nitrogens is 2. The van der Waals surface area contributed by atoms with E-state index in [0.717, 1.165) is 0 Å². The van der Waals surface area contributed by atoms with Gasteiger partial charge in [-0.1, -0.05) is 0 Å². The molecule has 2 heteroatoms. The molecule has 0 radical (unpaired) electrons. The van der Waals surface area contributed by atoms with Crippen molar-refractivity contribution in [2.75, 3.05) is 0 Å². The van der Waals surface area contributed by atoms with E-state index in [4.69, 9.17) is 0 Å². The number of nitrogens with zero attached hydrogens (tertiary/aromatic N) is 2. The second-order valence-electron chi connectivity index (χ2n) is 2.86. The van der Waals surface area contributed by atoms with Gasteiger partial charge in [0.25, 0.3) is 0 Å². The van der Waals surface area contributed by atoms with Crippen molar-refractivity contribution in [3.8, 4) is 0 Å². The lowest BCUT2D eigenvalue weighted by Gasteiger charge is -1.95. The average molecular weight is 146 g/mol. The van der Waals surface area contributed by atoms with Crippen LogP contribution in [0.3, 0.4) is 0 Å². The van der Waals surface area contributed by atoms with Crippen molar-refractivity contribution in [3.05, 3.63) is 35.7 Å². The van der Waals surface area contributed by atoms with Crippen molar-refractivity contribution >= 4 is 5.52 Å². The van der Waals surface area contributed by atoms with E-state index in [1.807, 2.05) is 16.9 Å². The third-order valence-electron chi connectivity index (χ3n) is 1.87. The normalized spacial score (nSPS) is 10.7. The lowest BCUT2D eigenvalue weighted by Crippen LogP contribution is -1.89. The summed E-state index contributed by atoms with van der Waals surface area (Å²) in [7, 11) is 0. The maximum absolute atomic E-state index is 4.22. The average Bonchev–Trinajstić information content (AvgIpc) is 2.33. The Kier molecular flexibility index (Phi) is 1.22. The van der Waals surface area contributed by atoms with E-state index in [1.54, 1.807) is 0 Å². The third-order valence-corrected chi connectivity index (χ3v) is 1.87. The Hall–Kier alpha value is -1.31. The quantitative estimate of drug-likeness (QED) is 0.555. The Balaban J connectivity index is 2.87. The van der Waals surface area contributed by atoms with E-state index in [-0.39, 0.29) is 0 Å². The Morgan fingerprint density at radius 2 is 2.18 bits per heavy atom. The minimum Gasteiger partial charge on any atom is -0.241 e.